The second-order valence-electron chi connectivity index (χ2n) is 5.87. The molecule has 1 aliphatic heterocycles. The van der Waals surface area contributed by atoms with E-state index in [0.717, 1.165) is 42.8 Å². The Hall–Kier alpha value is -0.580. The highest BCUT2D eigenvalue weighted by Gasteiger charge is 2.26. The minimum absolute atomic E-state index is 0.236. The number of rotatable bonds is 4. The monoisotopic (exact) mass is 340 g/mol. The molecule has 0 bridgehead atoms. The number of nitrogens with one attached hydrogen (secondary N) is 1. The van der Waals surface area contributed by atoms with Crippen LogP contribution in [0.25, 0.3) is 0 Å². The third-order valence-electron chi connectivity index (χ3n) is 4.18. The summed E-state index contributed by atoms with van der Waals surface area (Å²) in [5, 5.41) is 3.68. The van der Waals surface area contributed by atoms with Crippen LogP contribution in [-0.4, -0.2) is 37.2 Å². The van der Waals surface area contributed by atoms with Crippen LogP contribution in [0, 0.1) is 0 Å². The lowest BCUT2D eigenvalue weighted by atomic mass is 9.98. The zero-order valence-electron chi connectivity index (χ0n) is 12.7. The summed E-state index contributed by atoms with van der Waals surface area (Å²) < 4.78 is 6.32. The maximum Gasteiger partial charge on any atom is 0.133 e. The summed E-state index contributed by atoms with van der Waals surface area (Å²) in [6.07, 6.45) is 2.38. The van der Waals surface area contributed by atoms with E-state index in [0.29, 0.717) is 0 Å². The topological polar surface area (TPSA) is 24.5 Å². The number of hydrogen-bond acceptors (Lipinski definition) is 3. The van der Waals surface area contributed by atoms with E-state index in [2.05, 4.69) is 52.1 Å². The van der Waals surface area contributed by atoms with Gasteiger partial charge in [0.1, 0.15) is 5.75 Å². The maximum atomic E-state index is 5.29. The lowest BCUT2D eigenvalue weighted by Crippen LogP contribution is -2.48. The molecule has 0 aliphatic carbocycles. The van der Waals surface area contributed by atoms with E-state index in [9.17, 15) is 0 Å². The largest absolute Gasteiger partial charge is 0.496 e. The molecule has 1 saturated heterocycles. The molecular formula is C16H25BrN2O. The summed E-state index contributed by atoms with van der Waals surface area (Å²) >= 11 is 3.57. The van der Waals surface area contributed by atoms with Crippen molar-refractivity contribution in [3.8, 4) is 5.75 Å². The van der Waals surface area contributed by atoms with Gasteiger partial charge in [-0.1, -0.05) is 13.0 Å². The number of ether oxygens (including phenoxy) is 1. The van der Waals surface area contributed by atoms with Gasteiger partial charge in [0.2, 0.25) is 0 Å². The molecule has 20 heavy (non-hydrogen) atoms. The lowest BCUT2D eigenvalue weighted by molar-refractivity contribution is 0.208. The van der Waals surface area contributed by atoms with Gasteiger partial charge >= 0.3 is 0 Å². The molecule has 1 heterocycles. The van der Waals surface area contributed by atoms with Crippen molar-refractivity contribution in [2.45, 2.75) is 38.8 Å². The van der Waals surface area contributed by atoms with E-state index in [-0.39, 0.29) is 5.54 Å². The van der Waals surface area contributed by atoms with Gasteiger partial charge in [0.05, 0.1) is 11.6 Å². The van der Waals surface area contributed by atoms with E-state index in [1.54, 1.807) is 7.11 Å². The third kappa shape index (κ3) is 3.96. The van der Waals surface area contributed by atoms with Gasteiger partial charge in [-0.15, -0.1) is 0 Å². The van der Waals surface area contributed by atoms with Gasteiger partial charge < -0.3 is 10.1 Å². The first kappa shape index (κ1) is 15.8. The molecule has 1 aromatic carbocycles. The van der Waals surface area contributed by atoms with Crippen molar-refractivity contribution in [2.75, 3.05) is 26.7 Å². The molecule has 1 fully saturated rings. The Morgan fingerprint density at radius 3 is 2.90 bits per heavy atom. The highest BCUT2D eigenvalue weighted by Crippen LogP contribution is 2.26. The minimum Gasteiger partial charge on any atom is -0.496 e. The first-order valence-corrected chi connectivity index (χ1v) is 8.15. The molecule has 0 amide bonds. The Balaban J connectivity index is 2.06. The Morgan fingerprint density at radius 2 is 2.25 bits per heavy atom. The van der Waals surface area contributed by atoms with Crippen LogP contribution < -0.4 is 10.1 Å². The molecule has 1 aromatic rings. The first-order chi connectivity index (χ1) is 9.56. The number of benzene rings is 1. The van der Waals surface area contributed by atoms with Crippen LogP contribution in [0.5, 0.6) is 5.75 Å². The summed E-state index contributed by atoms with van der Waals surface area (Å²) in [4.78, 5) is 2.55. The summed E-state index contributed by atoms with van der Waals surface area (Å²) in [5.41, 5.74) is 1.57. The molecule has 3 nitrogen and oxygen atoms in total. The summed E-state index contributed by atoms with van der Waals surface area (Å²) in [6.45, 7) is 8.97. The number of halogens is 1. The summed E-state index contributed by atoms with van der Waals surface area (Å²) in [5.74, 6) is 0.893. The maximum absolute atomic E-state index is 5.29. The van der Waals surface area contributed by atoms with Gasteiger partial charge in [0.15, 0.2) is 0 Å². The van der Waals surface area contributed by atoms with Crippen LogP contribution in [0.2, 0.25) is 0 Å². The Kier molecular flexibility index (Phi) is 5.47. The zero-order valence-corrected chi connectivity index (χ0v) is 14.3. The SMILES string of the molecule is CCC1(C)CN(Cc2ccc(OC)c(Br)c2)CCCN1. The van der Waals surface area contributed by atoms with Crippen LogP contribution in [0.15, 0.2) is 22.7 Å². The van der Waals surface area contributed by atoms with E-state index < -0.39 is 0 Å². The van der Waals surface area contributed by atoms with E-state index >= 15 is 0 Å². The Labute approximate surface area is 130 Å². The predicted octanol–water partition coefficient (Wildman–Crippen LogP) is 3.42. The molecular weight excluding hydrogens is 316 g/mol. The van der Waals surface area contributed by atoms with Crippen LogP contribution >= 0.6 is 15.9 Å². The fourth-order valence-electron chi connectivity index (χ4n) is 2.76. The third-order valence-corrected chi connectivity index (χ3v) is 4.80. The van der Waals surface area contributed by atoms with E-state index in [1.807, 2.05) is 6.07 Å². The van der Waals surface area contributed by atoms with Crippen molar-refractivity contribution < 1.29 is 4.74 Å². The molecule has 0 aromatic heterocycles. The second kappa shape index (κ2) is 6.92. The van der Waals surface area contributed by atoms with E-state index in [4.69, 9.17) is 4.74 Å². The fourth-order valence-corrected chi connectivity index (χ4v) is 3.35. The van der Waals surface area contributed by atoms with Gasteiger partial charge in [-0.3, -0.25) is 4.90 Å². The highest BCUT2D eigenvalue weighted by molar-refractivity contribution is 9.10. The molecule has 1 unspecified atom stereocenters. The molecule has 112 valence electrons. The fraction of sp³-hybridized carbons (Fsp3) is 0.625. The van der Waals surface area contributed by atoms with Crippen LogP contribution in [0.1, 0.15) is 32.3 Å². The quantitative estimate of drug-likeness (QED) is 0.908. The molecule has 1 aliphatic rings. The van der Waals surface area contributed by atoms with Crippen LogP contribution in [-0.2, 0) is 6.54 Å². The molecule has 0 saturated carbocycles. The van der Waals surface area contributed by atoms with Gasteiger partial charge in [-0.05, 0) is 66.5 Å². The molecule has 1 atom stereocenters. The van der Waals surface area contributed by atoms with Crippen molar-refractivity contribution in [1.29, 1.82) is 0 Å². The smallest absolute Gasteiger partial charge is 0.133 e. The van der Waals surface area contributed by atoms with E-state index in [1.165, 1.54) is 12.0 Å². The van der Waals surface area contributed by atoms with Crippen molar-refractivity contribution in [1.82, 2.24) is 10.2 Å². The van der Waals surface area contributed by atoms with Crippen molar-refractivity contribution in [3.05, 3.63) is 28.2 Å². The van der Waals surface area contributed by atoms with Crippen molar-refractivity contribution in [2.24, 2.45) is 0 Å². The average molecular weight is 341 g/mol. The van der Waals surface area contributed by atoms with Crippen molar-refractivity contribution in [3.63, 3.8) is 0 Å². The molecule has 2 rings (SSSR count). The molecule has 4 heteroatoms. The normalized spacial score (nSPS) is 24.4. The number of hydrogen-bond donors (Lipinski definition) is 1. The standard InChI is InChI=1S/C16H25BrN2O/c1-4-16(2)12-19(9-5-8-18-16)11-13-6-7-15(20-3)14(17)10-13/h6-7,10,18H,4-5,8-9,11-12H2,1-3H3. The predicted molar refractivity (Wildman–Crippen MR) is 87.3 cm³/mol. The van der Waals surface area contributed by atoms with Gasteiger partial charge in [-0.2, -0.15) is 0 Å². The zero-order chi connectivity index (χ0) is 14.6. The van der Waals surface area contributed by atoms with Crippen molar-refractivity contribution >= 4 is 15.9 Å². The van der Waals surface area contributed by atoms with Crippen LogP contribution in [0.4, 0.5) is 0 Å². The van der Waals surface area contributed by atoms with Crippen LogP contribution in [0.3, 0.4) is 0 Å². The lowest BCUT2D eigenvalue weighted by Gasteiger charge is -2.32. The van der Waals surface area contributed by atoms with Gasteiger partial charge in [-0.25, -0.2) is 0 Å². The average Bonchev–Trinajstić information content (AvgIpc) is 2.61. The minimum atomic E-state index is 0.236. The Morgan fingerprint density at radius 1 is 1.45 bits per heavy atom. The molecule has 0 radical (unpaired) electrons. The highest BCUT2D eigenvalue weighted by atomic mass is 79.9. The molecule has 1 N–H and O–H groups in total. The van der Waals surface area contributed by atoms with Gasteiger partial charge in [0, 0.05) is 18.6 Å². The summed E-state index contributed by atoms with van der Waals surface area (Å²) in [7, 11) is 1.70. The second-order valence-corrected chi connectivity index (χ2v) is 6.73. The first-order valence-electron chi connectivity index (χ1n) is 7.36. The number of nitrogens with zero attached hydrogens (tertiary/aromatic N) is 1. The van der Waals surface area contributed by atoms with Gasteiger partial charge in [0.25, 0.3) is 0 Å². The number of methoxy groups -OCH3 is 1. The summed E-state index contributed by atoms with van der Waals surface area (Å²) in [6, 6.07) is 6.36. The Bertz CT molecular complexity index is 452. The molecule has 0 spiro atoms.